The highest BCUT2D eigenvalue weighted by atomic mass is 127. The summed E-state index contributed by atoms with van der Waals surface area (Å²) < 4.78 is 5.51. The van der Waals surface area contributed by atoms with Gasteiger partial charge in [0.05, 0.1) is 13.2 Å². The average Bonchev–Trinajstić information content (AvgIpc) is 2.55. The van der Waals surface area contributed by atoms with E-state index in [-0.39, 0.29) is 24.0 Å². The summed E-state index contributed by atoms with van der Waals surface area (Å²) in [6.45, 7) is 14.1. The van der Waals surface area contributed by atoms with E-state index in [1.807, 2.05) is 7.05 Å². The molecule has 0 aliphatic carbocycles. The Morgan fingerprint density at radius 3 is 2.54 bits per heavy atom. The molecule has 6 heteroatoms. The zero-order valence-electron chi connectivity index (χ0n) is 16.0. The Hall–Kier alpha value is -0.0800. The Morgan fingerprint density at radius 2 is 1.96 bits per heavy atom. The average molecular weight is 452 g/mol. The van der Waals surface area contributed by atoms with Crippen LogP contribution in [0, 0.1) is 11.8 Å². The molecule has 0 aromatic rings. The summed E-state index contributed by atoms with van der Waals surface area (Å²) in [5.41, 5.74) is 0. The van der Waals surface area contributed by atoms with Crippen molar-refractivity contribution >= 4 is 29.9 Å². The van der Waals surface area contributed by atoms with Gasteiger partial charge in [-0.2, -0.15) is 0 Å². The van der Waals surface area contributed by atoms with Crippen LogP contribution in [-0.4, -0.2) is 74.8 Å². The van der Waals surface area contributed by atoms with Gasteiger partial charge in [-0.05, 0) is 31.1 Å². The zero-order valence-corrected chi connectivity index (χ0v) is 18.3. The van der Waals surface area contributed by atoms with Crippen molar-refractivity contribution in [1.82, 2.24) is 15.1 Å². The molecule has 0 radical (unpaired) electrons. The fraction of sp³-hybridized carbons (Fsp3) is 0.944. The first-order valence-electron chi connectivity index (χ1n) is 9.37. The fourth-order valence-electron chi connectivity index (χ4n) is 3.77. The molecular weight excluding hydrogens is 415 g/mol. The van der Waals surface area contributed by atoms with Gasteiger partial charge in [0.15, 0.2) is 5.96 Å². The van der Waals surface area contributed by atoms with Crippen molar-refractivity contribution in [3.8, 4) is 0 Å². The summed E-state index contributed by atoms with van der Waals surface area (Å²) in [6, 6.07) is 0.567. The van der Waals surface area contributed by atoms with Gasteiger partial charge in [0.1, 0.15) is 0 Å². The number of likely N-dealkylation sites (tertiary alicyclic amines) is 1. The Kier molecular flexibility index (Phi) is 10.5. The summed E-state index contributed by atoms with van der Waals surface area (Å²) >= 11 is 0. The number of morpholine rings is 1. The minimum absolute atomic E-state index is 0. The van der Waals surface area contributed by atoms with Crippen LogP contribution in [0.5, 0.6) is 0 Å². The molecule has 0 aromatic heterocycles. The first kappa shape index (κ1) is 22.0. The van der Waals surface area contributed by atoms with Crippen molar-refractivity contribution in [3.63, 3.8) is 0 Å². The lowest BCUT2D eigenvalue weighted by Crippen LogP contribution is -2.52. The summed E-state index contributed by atoms with van der Waals surface area (Å²) in [6.07, 6.45) is 3.85. The van der Waals surface area contributed by atoms with Gasteiger partial charge in [-0.3, -0.25) is 9.89 Å². The number of nitrogens with one attached hydrogen (secondary N) is 1. The van der Waals surface area contributed by atoms with Crippen LogP contribution in [0.2, 0.25) is 0 Å². The molecule has 0 amide bonds. The van der Waals surface area contributed by atoms with Gasteiger partial charge in [-0.25, -0.2) is 0 Å². The molecule has 2 unspecified atom stereocenters. The highest BCUT2D eigenvalue weighted by molar-refractivity contribution is 14.0. The third kappa shape index (κ3) is 7.04. The van der Waals surface area contributed by atoms with Crippen molar-refractivity contribution in [2.75, 3.05) is 53.0 Å². The monoisotopic (exact) mass is 452 g/mol. The molecular formula is C18H37IN4O. The third-order valence-electron chi connectivity index (χ3n) is 4.97. The number of ether oxygens (including phenoxy) is 1. The van der Waals surface area contributed by atoms with E-state index in [0.717, 1.165) is 57.8 Å². The second-order valence-electron chi connectivity index (χ2n) is 7.55. The van der Waals surface area contributed by atoms with Gasteiger partial charge in [0, 0.05) is 45.8 Å². The summed E-state index contributed by atoms with van der Waals surface area (Å²) in [7, 11) is 1.91. The molecule has 0 aromatic carbocycles. The van der Waals surface area contributed by atoms with Gasteiger partial charge in [-0.15, -0.1) is 24.0 Å². The van der Waals surface area contributed by atoms with Crippen LogP contribution in [0.1, 0.15) is 40.0 Å². The molecule has 2 saturated heterocycles. The van der Waals surface area contributed by atoms with E-state index >= 15 is 0 Å². The van der Waals surface area contributed by atoms with E-state index in [0.29, 0.717) is 12.0 Å². The summed E-state index contributed by atoms with van der Waals surface area (Å²) in [4.78, 5) is 9.55. The van der Waals surface area contributed by atoms with Crippen molar-refractivity contribution in [2.45, 2.75) is 46.1 Å². The molecule has 0 saturated carbocycles. The van der Waals surface area contributed by atoms with Gasteiger partial charge in [0.2, 0.25) is 0 Å². The topological polar surface area (TPSA) is 40.1 Å². The Balaban J connectivity index is 0.00000288. The number of aliphatic imine (C=N–C) groups is 1. The molecule has 0 bridgehead atoms. The maximum Gasteiger partial charge on any atom is 0.193 e. The molecule has 0 spiro atoms. The molecule has 2 heterocycles. The highest BCUT2D eigenvalue weighted by Crippen LogP contribution is 2.16. The molecule has 2 fully saturated rings. The lowest BCUT2D eigenvalue weighted by atomic mass is 10.0. The van der Waals surface area contributed by atoms with Crippen LogP contribution in [0.15, 0.2) is 4.99 Å². The molecule has 142 valence electrons. The van der Waals surface area contributed by atoms with E-state index in [1.165, 1.54) is 19.3 Å². The minimum atomic E-state index is 0. The van der Waals surface area contributed by atoms with E-state index < -0.39 is 0 Å². The van der Waals surface area contributed by atoms with Crippen LogP contribution >= 0.6 is 24.0 Å². The molecule has 2 aliphatic heterocycles. The van der Waals surface area contributed by atoms with Crippen LogP contribution in [-0.2, 0) is 4.74 Å². The summed E-state index contributed by atoms with van der Waals surface area (Å²) in [5.74, 6) is 2.56. The molecule has 2 aliphatic rings. The number of rotatable bonds is 5. The minimum Gasteiger partial charge on any atom is -0.379 e. The Morgan fingerprint density at radius 1 is 1.25 bits per heavy atom. The molecule has 2 rings (SSSR count). The number of hydrogen-bond donors (Lipinski definition) is 1. The smallest absolute Gasteiger partial charge is 0.193 e. The number of guanidine groups is 1. The van der Waals surface area contributed by atoms with Crippen molar-refractivity contribution < 1.29 is 4.74 Å². The van der Waals surface area contributed by atoms with Crippen LogP contribution in [0.25, 0.3) is 0 Å². The van der Waals surface area contributed by atoms with Crippen molar-refractivity contribution in [1.29, 1.82) is 0 Å². The van der Waals surface area contributed by atoms with E-state index in [9.17, 15) is 0 Å². The van der Waals surface area contributed by atoms with Crippen LogP contribution < -0.4 is 5.32 Å². The summed E-state index contributed by atoms with van der Waals surface area (Å²) in [5, 5.41) is 3.66. The Labute approximate surface area is 165 Å². The first-order valence-corrected chi connectivity index (χ1v) is 9.37. The molecule has 2 atom stereocenters. The second-order valence-corrected chi connectivity index (χ2v) is 7.55. The predicted molar refractivity (Wildman–Crippen MR) is 112 cm³/mol. The highest BCUT2D eigenvalue weighted by Gasteiger charge is 2.24. The third-order valence-corrected chi connectivity index (χ3v) is 4.97. The normalized spacial score (nSPS) is 24.6. The fourth-order valence-corrected chi connectivity index (χ4v) is 3.77. The quantitative estimate of drug-likeness (QED) is 0.396. The predicted octanol–water partition coefficient (Wildman–Crippen LogP) is 2.66. The lowest BCUT2D eigenvalue weighted by molar-refractivity contribution is 0.0131. The van der Waals surface area contributed by atoms with Crippen molar-refractivity contribution in [3.05, 3.63) is 0 Å². The van der Waals surface area contributed by atoms with E-state index in [1.54, 1.807) is 0 Å². The van der Waals surface area contributed by atoms with Gasteiger partial charge in [-0.1, -0.05) is 20.8 Å². The van der Waals surface area contributed by atoms with Gasteiger partial charge in [0.25, 0.3) is 0 Å². The van der Waals surface area contributed by atoms with E-state index in [4.69, 9.17) is 4.74 Å². The SMILES string of the molecule is CN=C(NCC(CC(C)C)N1CCOCC1)N1CCCC(C)C1.I. The van der Waals surface area contributed by atoms with E-state index in [2.05, 4.69) is 40.9 Å². The van der Waals surface area contributed by atoms with Crippen LogP contribution in [0.4, 0.5) is 0 Å². The van der Waals surface area contributed by atoms with Gasteiger partial charge >= 0.3 is 0 Å². The Bertz CT molecular complexity index is 372. The molecule has 1 N–H and O–H groups in total. The van der Waals surface area contributed by atoms with Gasteiger partial charge < -0.3 is 15.0 Å². The second kappa shape index (κ2) is 11.5. The number of piperidine rings is 1. The number of halogens is 1. The van der Waals surface area contributed by atoms with Crippen LogP contribution in [0.3, 0.4) is 0 Å². The molecule has 24 heavy (non-hydrogen) atoms. The largest absolute Gasteiger partial charge is 0.379 e. The lowest BCUT2D eigenvalue weighted by Gasteiger charge is -2.38. The number of hydrogen-bond acceptors (Lipinski definition) is 3. The standard InChI is InChI=1S/C18H36N4O.HI/c1-15(2)12-17(21-8-10-23-11-9-21)13-20-18(19-4)22-7-5-6-16(3)14-22;/h15-17H,5-14H2,1-4H3,(H,19,20);1H. The first-order chi connectivity index (χ1) is 11.1. The number of nitrogens with zero attached hydrogens (tertiary/aromatic N) is 3. The molecule has 5 nitrogen and oxygen atoms in total. The maximum absolute atomic E-state index is 5.51. The maximum atomic E-state index is 5.51. The van der Waals surface area contributed by atoms with Crippen molar-refractivity contribution in [2.24, 2.45) is 16.8 Å². The zero-order chi connectivity index (χ0) is 16.7.